The summed E-state index contributed by atoms with van der Waals surface area (Å²) in [4.78, 5) is 12.6. The van der Waals surface area contributed by atoms with Gasteiger partial charge in [0.1, 0.15) is 5.75 Å². The standard InChI is InChI=1S/C30H43NO5/c1-9-13-35-24-17-20(18-25(28(24)34)36-14-10-2)11-12-26(32)31-19-21-15-22(29(3,4)5)27(33)23(16-21)30(6,7)8/h11-12,15-18,33-34H,9-10,13-14,19H2,1-8H3,(H,31,32)/b12-11+. The Labute approximate surface area is 216 Å². The number of hydrogen-bond acceptors (Lipinski definition) is 5. The van der Waals surface area contributed by atoms with Crippen molar-refractivity contribution in [3.8, 4) is 23.0 Å². The lowest BCUT2D eigenvalue weighted by atomic mass is 9.78. The molecular weight excluding hydrogens is 454 g/mol. The summed E-state index contributed by atoms with van der Waals surface area (Å²) in [6.07, 6.45) is 4.73. The van der Waals surface area contributed by atoms with E-state index in [1.165, 1.54) is 6.08 Å². The fourth-order valence-corrected chi connectivity index (χ4v) is 3.70. The van der Waals surface area contributed by atoms with E-state index < -0.39 is 0 Å². The maximum Gasteiger partial charge on any atom is 0.244 e. The Morgan fingerprint density at radius 1 is 0.833 bits per heavy atom. The van der Waals surface area contributed by atoms with Crippen LogP contribution in [0.2, 0.25) is 0 Å². The highest BCUT2D eigenvalue weighted by Crippen LogP contribution is 2.40. The van der Waals surface area contributed by atoms with E-state index in [0.717, 1.165) is 29.5 Å². The average molecular weight is 498 g/mol. The van der Waals surface area contributed by atoms with Crippen molar-refractivity contribution in [2.45, 2.75) is 85.6 Å². The zero-order valence-corrected chi connectivity index (χ0v) is 23.1. The average Bonchev–Trinajstić information content (AvgIpc) is 2.79. The van der Waals surface area contributed by atoms with Crippen molar-refractivity contribution in [1.82, 2.24) is 5.32 Å². The minimum absolute atomic E-state index is 0.0323. The monoisotopic (exact) mass is 497 g/mol. The molecule has 2 rings (SSSR count). The lowest BCUT2D eigenvalue weighted by molar-refractivity contribution is -0.116. The molecule has 0 saturated heterocycles. The van der Waals surface area contributed by atoms with E-state index in [9.17, 15) is 15.0 Å². The van der Waals surface area contributed by atoms with Crippen molar-refractivity contribution in [2.24, 2.45) is 0 Å². The Morgan fingerprint density at radius 3 is 1.72 bits per heavy atom. The molecule has 3 N–H and O–H groups in total. The summed E-state index contributed by atoms with van der Waals surface area (Å²) in [6, 6.07) is 7.31. The number of phenolic OH excluding ortho intramolecular Hbond substituents is 2. The molecule has 0 saturated carbocycles. The van der Waals surface area contributed by atoms with Crippen LogP contribution in [0.15, 0.2) is 30.3 Å². The summed E-state index contributed by atoms with van der Waals surface area (Å²) >= 11 is 0. The van der Waals surface area contributed by atoms with E-state index in [2.05, 4.69) is 46.9 Å². The topological polar surface area (TPSA) is 88.0 Å². The third-order valence-electron chi connectivity index (χ3n) is 5.67. The summed E-state index contributed by atoms with van der Waals surface area (Å²) in [6.45, 7) is 17.6. The number of carbonyl (C=O) groups is 1. The molecule has 0 spiro atoms. The van der Waals surface area contributed by atoms with E-state index >= 15 is 0 Å². The molecule has 0 aliphatic carbocycles. The normalized spacial score (nSPS) is 12.1. The Bertz CT molecular complexity index is 1010. The van der Waals surface area contributed by atoms with Gasteiger partial charge in [0.25, 0.3) is 0 Å². The van der Waals surface area contributed by atoms with Gasteiger partial charge in [-0.05, 0) is 76.3 Å². The zero-order chi connectivity index (χ0) is 27.1. The number of ether oxygens (including phenoxy) is 2. The van der Waals surface area contributed by atoms with Gasteiger partial charge in [-0.2, -0.15) is 0 Å². The van der Waals surface area contributed by atoms with E-state index in [-0.39, 0.29) is 22.5 Å². The molecule has 0 aliphatic rings. The molecule has 198 valence electrons. The molecule has 0 unspecified atom stereocenters. The van der Waals surface area contributed by atoms with Gasteiger partial charge in [-0.15, -0.1) is 0 Å². The molecule has 0 fully saturated rings. The quantitative estimate of drug-likeness (QED) is 0.322. The second kappa shape index (κ2) is 12.2. The largest absolute Gasteiger partial charge is 0.507 e. The van der Waals surface area contributed by atoms with Crippen molar-refractivity contribution in [3.05, 3.63) is 52.6 Å². The van der Waals surface area contributed by atoms with Gasteiger partial charge in [-0.1, -0.05) is 55.4 Å². The van der Waals surface area contributed by atoms with Crippen LogP contribution in [0, 0.1) is 0 Å². The molecule has 0 aliphatic heterocycles. The van der Waals surface area contributed by atoms with E-state index in [1.54, 1.807) is 18.2 Å². The maximum atomic E-state index is 12.6. The highest BCUT2D eigenvalue weighted by molar-refractivity contribution is 5.91. The number of rotatable bonds is 10. The molecule has 36 heavy (non-hydrogen) atoms. The van der Waals surface area contributed by atoms with Gasteiger partial charge in [0.2, 0.25) is 11.7 Å². The van der Waals surface area contributed by atoms with Crippen LogP contribution in [0.25, 0.3) is 6.08 Å². The number of phenols is 2. The first-order valence-corrected chi connectivity index (χ1v) is 12.7. The first kappa shape index (κ1) is 29.1. The molecular formula is C30H43NO5. The van der Waals surface area contributed by atoms with Crippen LogP contribution in [-0.2, 0) is 22.2 Å². The van der Waals surface area contributed by atoms with Gasteiger partial charge in [0.15, 0.2) is 11.5 Å². The highest BCUT2D eigenvalue weighted by atomic mass is 16.5. The minimum atomic E-state index is -0.252. The Hall–Kier alpha value is -3.15. The molecule has 0 aromatic heterocycles. The molecule has 1 amide bonds. The van der Waals surface area contributed by atoms with Gasteiger partial charge in [0.05, 0.1) is 13.2 Å². The number of aromatic hydroxyl groups is 2. The molecule has 6 heteroatoms. The molecule has 0 bridgehead atoms. The van der Waals surface area contributed by atoms with Crippen molar-refractivity contribution in [3.63, 3.8) is 0 Å². The summed E-state index contributed by atoms with van der Waals surface area (Å²) < 4.78 is 11.3. The van der Waals surface area contributed by atoms with Crippen LogP contribution in [-0.4, -0.2) is 29.3 Å². The minimum Gasteiger partial charge on any atom is -0.507 e. The number of nitrogens with one attached hydrogen (secondary N) is 1. The number of amides is 1. The van der Waals surface area contributed by atoms with Crippen molar-refractivity contribution >= 4 is 12.0 Å². The first-order chi connectivity index (χ1) is 16.8. The Morgan fingerprint density at radius 2 is 1.31 bits per heavy atom. The second-order valence-electron chi connectivity index (χ2n) is 11.2. The van der Waals surface area contributed by atoms with Gasteiger partial charge in [-0.25, -0.2) is 0 Å². The number of carbonyl (C=O) groups excluding carboxylic acids is 1. The van der Waals surface area contributed by atoms with Crippen LogP contribution < -0.4 is 14.8 Å². The molecule has 0 atom stereocenters. The van der Waals surface area contributed by atoms with E-state index in [0.29, 0.717) is 42.6 Å². The van der Waals surface area contributed by atoms with Gasteiger partial charge < -0.3 is 25.0 Å². The maximum absolute atomic E-state index is 12.6. The van der Waals surface area contributed by atoms with Crippen molar-refractivity contribution < 1.29 is 24.5 Å². The van der Waals surface area contributed by atoms with E-state index in [1.807, 2.05) is 26.0 Å². The van der Waals surface area contributed by atoms with Crippen LogP contribution >= 0.6 is 0 Å². The summed E-state index contributed by atoms with van der Waals surface area (Å²) in [5.74, 6) is 0.700. The van der Waals surface area contributed by atoms with Crippen molar-refractivity contribution in [1.29, 1.82) is 0 Å². The number of hydrogen-bond donors (Lipinski definition) is 3. The predicted molar refractivity (Wildman–Crippen MR) is 146 cm³/mol. The van der Waals surface area contributed by atoms with Crippen molar-refractivity contribution in [2.75, 3.05) is 13.2 Å². The van der Waals surface area contributed by atoms with Gasteiger partial charge >= 0.3 is 0 Å². The van der Waals surface area contributed by atoms with E-state index in [4.69, 9.17) is 9.47 Å². The van der Waals surface area contributed by atoms with Crippen LogP contribution in [0.5, 0.6) is 23.0 Å². The molecule has 0 radical (unpaired) electrons. The molecule has 2 aromatic rings. The second-order valence-corrected chi connectivity index (χ2v) is 11.2. The lowest BCUT2D eigenvalue weighted by Crippen LogP contribution is -2.22. The fourth-order valence-electron chi connectivity index (χ4n) is 3.70. The third kappa shape index (κ3) is 7.94. The molecule has 2 aromatic carbocycles. The summed E-state index contributed by atoms with van der Waals surface area (Å²) in [5, 5.41) is 24.3. The fraction of sp³-hybridized carbons (Fsp3) is 0.500. The lowest BCUT2D eigenvalue weighted by Gasteiger charge is -2.28. The smallest absolute Gasteiger partial charge is 0.244 e. The Balaban J connectivity index is 2.23. The Kier molecular flexibility index (Phi) is 9.85. The third-order valence-corrected chi connectivity index (χ3v) is 5.67. The first-order valence-electron chi connectivity index (χ1n) is 12.7. The molecule has 6 nitrogen and oxygen atoms in total. The van der Waals surface area contributed by atoms with Gasteiger partial charge in [-0.3, -0.25) is 4.79 Å². The molecule has 0 heterocycles. The van der Waals surface area contributed by atoms with Crippen LogP contribution in [0.4, 0.5) is 0 Å². The predicted octanol–water partition coefficient (Wildman–Crippen LogP) is 6.60. The SMILES string of the molecule is CCCOc1cc(/C=C/C(=O)NCc2cc(C(C)(C)C)c(O)c(C(C)(C)C)c2)cc(OCCC)c1O. The summed E-state index contributed by atoms with van der Waals surface area (Å²) in [7, 11) is 0. The summed E-state index contributed by atoms with van der Waals surface area (Å²) in [5.41, 5.74) is 2.86. The van der Waals surface area contributed by atoms with Gasteiger partial charge in [0, 0.05) is 12.6 Å². The van der Waals surface area contributed by atoms with Crippen LogP contribution in [0.1, 0.15) is 90.5 Å². The highest BCUT2D eigenvalue weighted by Gasteiger charge is 2.26. The van der Waals surface area contributed by atoms with Crippen LogP contribution in [0.3, 0.4) is 0 Å². The zero-order valence-electron chi connectivity index (χ0n) is 23.1. The number of benzene rings is 2.